The number of rotatable bonds is 1. The number of fused-ring (bicyclic) bond motifs is 1. The maximum absolute atomic E-state index is 11.2. The molecular weight excluding hydrogens is 194 g/mol. The van der Waals surface area contributed by atoms with E-state index in [-0.39, 0.29) is 11.7 Å². The van der Waals surface area contributed by atoms with Gasteiger partial charge in [-0.15, -0.1) is 10.2 Å². The minimum Gasteiger partial charge on any atom is -0.352 e. The molecule has 0 atom stereocenters. The van der Waals surface area contributed by atoms with Crippen LogP contribution in [-0.2, 0) is 0 Å². The molecule has 0 saturated carbocycles. The Labute approximate surface area is 87.4 Å². The van der Waals surface area contributed by atoms with Gasteiger partial charge in [-0.3, -0.25) is 9.20 Å². The van der Waals surface area contributed by atoms with Crippen LogP contribution < -0.4 is 5.32 Å². The zero-order valence-corrected chi connectivity index (χ0v) is 8.93. The first-order valence-electron chi connectivity index (χ1n) is 4.71. The molecule has 0 aromatic carbocycles. The summed E-state index contributed by atoms with van der Waals surface area (Å²) in [6.07, 6.45) is 3.28. The van der Waals surface area contributed by atoms with Crippen molar-refractivity contribution in [2.45, 2.75) is 13.8 Å². The summed E-state index contributed by atoms with van der Waals surface area (Å²) in [4.78, 5) is 15.2. The second-order valence-electron chi connectivity index (χ2n) is 2.39. The van der Waals surface area contributed by atoms with Crippen LogP contribution >= 0.6 is 0 Å². The van der Waals surface area contributed by atoms with Crippen molar-refractivity contribution in [1.29, 1.82) is 0 Å². The summed E-state index contributed by atoms with van der Waals surface area (Å²) in [6.45, 7) is 4.00. The topological polar surface area (TPSA) is 72.2 Å². The molecule has 0 aliphatic rings. The average Bonchev–Trinajstić information content (AvgIpc) is 2.74. The fourth-order valence-electron chi connectivity index (χ4n) is 1.01. The van der Waals surface area contributed by atoms with Crippen LogP contribution in [0.25, 0.3) is 5.78 Å². The van der Waals surface area contributed by atoms with Gasteiger partial charge in [0, 0.05) is 19.4 Å². The van der Waals surface area contributed by atoms with Gasteiger partial charge in [0.15, 0.2) is 0 Å². The lowest BCUT2D eigenvalue weighted by Crippen LogP contribution is -2.20. The van der Waals surface area contributed by atoms with E-state index in [0.717, 1.165) is 0 Å². The summed E-state index contributed by atoms with van der Waals surface area (Å²) in [5.41, 5.74) is 0. The molecule has 0 saturated heterocycles. The monoisotopic (exact) mass is 207 g/mol. The highest BCUT2D eigenvalue weighted by Crippen LogP contribution is 1.98. The summed E-state index contributed by atoms with van der Waals surface area (Å²) >= 11 is 0. The lowest BCUT2D eigenvalue weighted by molar-refractivity contribution is 0.0951. The van der Waals surface area contributed by atoms with Gasteiger partial charge in [-0.1, -0.05) is 13.8 Å². The molecule has 0 spiro atoms. The standard InChI is InChI=1S/C7H7N5O.C2H6/c1-8-6(13)5-10-11-7-9-3-2-4-12(5)7;1-2/h2-4H,1H3,(H,8,13);1-2H3. The Morgan fingerprint density at radius 3 is 2.80 bits per heavy atom. The first-order chi connectivity index (χ1) is 7.33. The van der Waals surface area contributed by atoms with Crippen LogP contribution in [-0.4, -0.2) is 32.5 Å². The summed E-state index contributed by atoms with van der Waals surface area (Å²) in [5.74, 6) is 0.382. The van der Waals surface area contributed by atoms with E-state index in [1.54, 1.807) is 25.5 Å². The number of hydrogen-bond acceptors (Lipinski definition) is 4. The lowest BCUT2D eigenvalue weighted by atomic mass is 10.5. The van der Waals surface area contributed by atoms with Crippen molar-refractivity contribution >= 4 is 11.7 Å². The van der Waals surface area contributed by atoms with E-state index in [9.17, 15) is 4.79 Å². The maximum atomic E-state index is 11.2. The molecule has 2 heterocycles. The van der Waals surface area contributed by atoms with E-state index in [1.807, 2.05) is 13.8 Å². The zero-order valence-electron chi connectivity index (χ0n) is 8.93. The normalized spacial score (nSPS) is 9.27. The van der Waals surface area contributed by atoms with Crippen LogP contribution in [0.15, 0.2) is 18.5 Å². The molecule has 0 radical (unpaired) electrons. The van der Waals surface area contributed by atoms with Crippen molar-refractivity contribution in [2.75, 3.05) is 7.05 Å². The molecule has 2 rings (SSSR count). The molecular formula is C9H13N5O. The minimum atomic E-state index is -0.277. The van der Waals surface area contributed by atoms with Crippen molar-refractivity contribution < 1.29 is 4.79 Å². The predicted molar refractivity (Wildman–Crippen MR) is 55.5 cm³/mol. The number of carbonyl (C=O) groups is 1. The largest absolute Gasteiger partial charge is 0.352 e. The van der Waals surface area contributed by atoms with E-state index in [4.69, 9.17) is 0 Å². The molecule has 2 aromatic heterocycles. The lowest BCUT2D eigenvalue weighted by Gasteiger charge is -1.95. The molecule has 0 aliphatic heterocycles. The number of nitrogens with zero attached hydrogens (tertiary/aromatic N) is 4. The fourth-order valence-corrected chi connectivity index (χ4v) is 1.01. The third kappa shape index (κ3) is 2.09. The van der Waals surface area contributed by atoms with E-state index >= 15 is 0 Å². The molecule has 2 aromatic rings. The number of amides is 1. The maximum Gasteiger partial charge on any atom is 0.289 e. The highest BCUT2D eigenvalue weighted by molar-refractivity contribution is 5.90. The highest BCUT2D eigenvalue weighted by atomic mass is 16.2. The third-order valence-corrected chi connectivity index (χ3v) is 1.62. The SMILES string of the molecule is CC.CNC(=O)c1nnc2ncccn12. The van der Waals surface area contributed by atoms with Gasteiger partial charge >= 0.3 is 0 Å². The Kier molecular flexibility index (Phi) is 3.73. The summed E-state index contributed by atoms with van der Waals surface area (Å²) in [7, 11) is 1.54. The van der Waals surface area contributed by atoms with Crippen LogP contribution in [0.4, 0.5) is 0 Å². The fraction of sp³-hybridized carbons (Fsp3) is 0.333. The Balaban J connectivity index is 0.000000531. The summed E-state index contributed by atoms with van der Waals surface area (Å²) in [5, 5.41) is 9.90. The molecule has 0 bridgehead atoms. The van der Waals surface area contributed by atoms with Crippen molar-refractivity contribution in [3.05, 3.63) is 24.3 Å². The molecule has 1 N–H and O–H groups in total. The Hall–Kier alpha value is -1.98. The molecule has 15 heavy (non-hydrogen) atoms. The van der Waals surface area contributed by atoms with Gasteiger partial charge in [0.25, 0.3) is 11.7 Å². The van der Waals surface area contributed by atoms with Crippen molar-refractivity contribution in [3.63, 3.8) is 0 Å². The molecule has 6 nitrogen and oxygen atoms in total. The average molecular weight is 207 g/mol. The second-order valence-corrected chi connectivity index (χ2v) is 2.39. The van der Waals surface area contributed by atoms with Crippen LogP contribution in [0.5, 0.6) is 0 Å². The molecule has 0 unspecified atom stereocenters. The highest BCUT2D eigenvalue weighted by Gasteiger charge is 2.11. The van der Waals surface area contributed by atoms with E-state index in [0.29, 0.717) is 5.78 Å². The molecule has 0 aliphatic carbocycles. The van der Waals surface area contributed by atoms with Gasteiger partial charge in [0.1, 0.15) is 0 Å². The molecule has 6 heteroatoms. The van der Waals surface area contributed by atoms with Crippen LogP contribution in [0.1, 0.15) is 24.5 Å². The predicted octanol–water partition coefficient (Wildman–Crippen LogP) is 0.510. The van der Waals surface area contributed by atoms with Gasteiger partial charge < -0.3 is 5.32 Å². The van der Waals surface area contributed by atoms with E-state index in [2.05, 4.69) is 20.5 Å². The number of nitrogens with one attached hydrogen (secondary N) is 1. The molecule has 80 valence electrons. The zero-order chi connectivity index (χ0) is 11.3. The third-order valence-electron chi connectivity index (χ3n) is 1.62. The van der Waals surface area contributed by atoms with Crippen LogP contribution in [0.2, 0.25) is 0 Å². The smallest absolute Gasteiger partial charge is 0.289 e. The summed E-state index contributed by atoms with van der Waals surface area (Å²) in [6, 6.07) is 1.71. The van der Waals surface area contributed by atoms with Crippen LogP contribution in [0.3, 0.4) is 0 Å². The summed E-state index contributed by atoms with van der Waals surface area (Å²) < 4.78 is 1.53. The van der Waals surface area contributed by atoms with Crippen molar-refractivity contribution in [2.24, 2.45) is 0 Å². The molecule has 0 fully saturated rings. The van der Waals surface area contributed by atoms with Crippen molar-refractivity contribution in [1.82, 2.24) is 24.9 Å². The second kappa shape index (κ2) is 5.04. The van der Waals surface area contributed by atoms with E-state index in [1.165, 1.54) is 4.40 Å². The quantitative estimate of drug-likeness (QED) is 0.739. The van der Waals surface area contributed by atoms with Crippen molar-refractivity contribution in [3.8, 4) is 0 Å². The Bertz CT molecular complexity index is 450. The Morgan fingerprint density at radius 1 is 1.40 bits per heavy atom. The van der Waals surface area contributed by atoms with Gasteiger partial charge in [-0.05, 0) is 6.07 Å². The number of aromatic nitrogens is 4. The van der Waals surface area contributed by atoms with Gasteiger partial charge in [0.2, 0.25) is 5.82 Å². The minimum absolute atomic E-state index is 0.241. The van der Waals surface area contributed by atoms with Gasteiger partial charge in [-0.2, -0.15) is 0 Å². The Morgan fingerprint density at radius 2 is 2.13 bits per heavy atom. The first-order valence-corrected chi connectivity index (χ1v) is 4.71. The van der Waals surface area contributed by atoms with E-state index < -0.39 is 0 Å². The number of hydrogen-bond donors (Lipinski definition) is 1. The first kappa shape index (κ1) is 11.1. The molecule has 1 amide bonds. The van der Waals surface area contributed by atoms with Crippen LogP contribution in [0, 0.1) is 0 Å². The van der Waals surface area contributed by atoms with Gasteiger partial charge in [0.05, 0.1) is 0 Å². The number of carbonyl (C=O) groups excluding carboxylic acids is 1. The van der Waals surface area contributed by atoms with Gasteiger partial charge in [-0.25, -0.2) is 4.98 Å².